The van der Waals surface area contributed by atoms with E-state index in [4.69, 9.17) is 1.37 Å². The zero-order valence-corrected chi connectivity index (χ0v) is 12.0. The van der Waals surface area contributed by atoms with E-state index in [1.807, 2.05) is 24.3 Å². The molecule has 7 heteroatoms. The van der Waals surface area contributed by atoms with Crippen molar-refractivity contribution >= 4 is 11.0 Å². The fourth-order valence-corrected chi connectivity index (χ4v) is 2.65. The highest BCUT2D eigenvalue weighted by atomic mass is 19.4. The fraction of sp³-hybridized carbons (Fsp3) is 0.312. The Hall–Kier alpha value is -2.44. The Balaban J connectivity index is 1.61. The molecule has 1 aromatic carbocycles. The maximum Gasteiger partial charge on any atom is 0.391 e. The van der Waals surface area contributed by atoms with E-state index in [9.17, 15) is 13.2 Å². The summed E-state index contributed by atoms with van der Waals surface area (Å²) in [6.07, 6.45) is -0.125. The van der Waals surface area contributed by atoms with E-state index in [2.05, 4.69) is 15.1 Å². The van der Waals surface area contributed by atoms with Gasteiger partial charge in [0.05, 0.1) is 42.4 Å². The molecule has 0 unspecified atom stereocenters. The predicted octanol–water partition coefficient (Wildman–Crippen LogP) is 4.01. The molecule has 0 atom stereocenters. The lowest BCUT2D eigenvalue weighted by Crippen LogP contribution is -2.37. The van der Waals surface area contributed by atoms with Crippen molar-refractivity contribution in [3.8, 4) is 11.3 Å². The van der Waals surface area contributed by atoms with Crippen molar-refractivity contribution in [2.24, 2.45) is 5.92 Å². The second kappa shape index (κ2) is 5.04. The molecular formula is C16H13F3N4. The third-order valence-corrected chi connectivity index (χ3v) is 4.08. The summed E-state index contributed by atoms with van der Waals surface area (Å²) in [5.41, 5.74) is 2.70. The first-order chi connectivity index (χ1) is 11.4. The van der Waals surface area contributed by atoms with Crippen LogP contribution in [0.25, 0.3) is 22.3 Å². The summed E-state index contributed by atoms with van der Waals surface area (Å²) in [7, 11) is 0. The molecule has 1 aliphatic rings. The van der Waals surface area contributed by atoms with Gasteiger partial charge >= 0.3 is 6.18 Å². The van der Waals surface area contributed by atoms with Crippen molar-refractivity contribution in [2.45, 2.75) is 25.0 Å². The van der Waals surface area contributed by atoms with Crippen LogP contribution in [0.15, 0.2) is 42.9 Å². The van der Waals surface area contributed by atoms with E-state index in [1.54, 1.807) is 12.4 Å². The summed E-state index contributed by atoms with van der Waals surface area (Å²) in [5.74, 6) is -1.43. The van der Waals surface area contributed by atoms with Crippen LogP contribution in [0, 0.1) is 5.92 Å². The summed E-state index contributed by atoms with van der Waals surface area (Å²) in [4.78, 5) is 8.79. The van der Waals surface area contributed by atoms with E-state index in [0.717, 1.165) is 11.0 Å². The largest absolute Gasteiger partial charge is 0.391 e. The van der Waals surface area contributed by atoms with Gasteiger partial charge in [0.15, 0.2) is 0 Å². The number of alkyl halides is 3. The van der Waals surface area contributed by atoms with Gasteiger partial charge in [0.2, 0.25) is 0 Å². The van der Waals surface area contributed by atoms with Crippen molar-refractivity contribution in [1.82, 2.24) is 19.7 Å². The molecule has 0 radical (unpaired) electrons. The summed E-state index contributed by atoms with van der Waals surface area (Å²) in [5, 5.41) is 4.08. The molecule has 2 aromatic heterocycles. The second-order valence-corrected chi connectivity index (χ2v) is 5.63. The van der Waals surface area contributed by atoms with Crippen LogP contribution in [-0.2, 0) is 0 Å². The molecule has 23 heavy (non-hydrogen) atoms. The highest BCUT2D eigenvalue weighted by Gasteiger charge is 2.48. The molecule has 0 N–H and O–H groups in total. The Kier molecular flexibility index (Phi) is 2.86. The van der Waals surface area contributed by atoms with Crippen LogP contribution in [0.3, 0.4) is 0 Å². The Morgan fingerprint density at radius 2 is 1.87 bits per heavy atom. The lowest BCUT2D eigenvalue weighted by Gasteiger charge is -2.36. The van der Waals surface area contributed by atoms with Gasteiger partial charge in [-0.2, -0.15) is 18.3 Å². The van der Waals surface area contributed by atoms with Gasteiger partial charge in [-0.15, -0.1) is 0 Å². The molecule has 3 aromatic rings. The lowest BCUT2D eigenvalue weighted by molar-refractivity contribution is -0.203. The normalized spacial score (nSPS) is 25.2. The average Bonchev–Trinajstić information content (AvgIpc) is 3.00. The number of hydrogen-bond donors (Lipinski definition) is 0. The smallest absolute Gasteiger partial charge is 0.269 e. The van der Waals surface area contributed by atoms with E-state index >= 15 is 0 Å². The van der Waals surface area contributed by atoms with E-state index in [-0.39, 0.29) is 12.8 Å². The van der Waals surface area contributed by atoms with Crippen molar-refractivity contribution in [3.05, 3.63) is 42.9 Å². The summed E-state index contributed by atoms with van der Waals surface area (Å²) < 4.78 is 47.4. The molecule has 0 amide bonds. The Morgan fingerprint density at radius 3 is 2.61 bits per heavy atom. The molecule has 0 spiro atoms. The third kappa shape index (κ3) is 2.56. The zero-order valence-electron chi connectivity index (χ0n) is 13.0. The van der Waals surface area contributed by atoms with E-state index in [0.29, 0.717) is 11.3 Å². The fourth-order valence-electron chi connectivity index (χ4n) is 2.65. The van der Waals surface area contributed by atoms with Crippen LogP contribution in [-0.4, -0.2) is 25.9 Å². The number of fused-ring (bicyclic) bond motifs is 1. The van der Waals surface area contributed by atoms with Crippen LogP contribution < -0.4 is 0 Å². The van der Waals surface area contributed by atoms with Crippen molar-refractivity contribution in [2.75, 3.05) is 0 Å². The molecule has 1 saturated carbocycles. The van der Waals surface area contributed by atoms with Gasteiger partial charge in [0, 0.05) is 11.8 Å². The lowest BCUT2D eigenvalue weighted by atomic mass is 9.80. The third-order valence-electron chi connectivity index (χ3n) is 4.08. The molecule has 1 fully saturated rings. The number of hydrogen-bond acceptors (Lipinski definition) is 3. The Morgan fingerprint density at radius 1 is 1.13 bits per heavy atom. The molecule has 118 valence electrons. The molecule has 0 saturated heterocycles. The number of rotatable bonds is 2. The SMILES string of the molecule is [2H]C1(n2cc(-c3cnc4ccccc4n3)cn2)CC(C(F)(F)F)C1. The minimum Gasteiger partial charge on any atom is -0.269 e. The molecule has 0 aliphatic heterocycles. The first kappa shape index (κ1) is 13.0. The van der Waals surface area contributed by atoms with Gasteiger partial charge in [0.1, 0.15) is 0 Å². The second-order valence-electron chi connectivity index (χ2n) is 5.63. The number of halogens is 3. The van der Waals surface area contributed by atoms with Crippen LogP contribution >= 0.6 is 0 Å². The minimum atomic E-state index is -4.25. The van der Waals surface area contributed by atoms with Gasteiger partial charge in [-0.1, -0.05) is 12.1 Å². The number of aromatic nitrogens is 4. The average molecular weight is 319 g/mol. The van der Waals surface area contributed by atoms with Gasteiger partial charge < -0.3 is 0 Å². The quantitative estimate of drug-likeness (QED) is 0.717. The standard InChI is InChI=1S/C16H13F3N4/c17-16(18,19)11-5-12(6-11)23-9-10(7-21-23)15-8-20-13-3-1-2-4-14(13)22-15/h1-4,7-9,11-12H,5-6H2/i12D. The minimum absolute atomic E-state index is 0.277. The van der Waals surface area contributed by atoms with Crippen LogP contribution in [0.4, 0.5) is 13.2 Å². The van der Waals surface area contributed by atoms with E-state index in [1.165, 1.54) is 10.9 Å². The summed E-state index contributed by atoms with van der Waals surface area (Å²) in [6, 6.07) is 6.06. The molecule has 1 aliphatic carbocycles. The Labute approximate surface area is 131 Å². The van der Waals surface area contributed by atoms with Crippen LogP contribution in [0.5, 0.6) is 0 Å². The van der Waals surface area contributed by atoms with Crippen molar-refractivity contribution < 1.29 is 14.5 Å². The van der Waals surface area contributed by atoms with E-state index < -0.39 is 18.1 Å². The number of benzene rings is 1. The topological polar surface area (TPSA) is 43.6 Å². The van der Waals surface area contributed by atoms with Gasteiger partial charge in [-0.3, -0.25) is 9.67 Å². The first-order valence-corrected chi connectivity index (χ1v) is 7.19. The maximum atomic E-state index is 12.6. The maximum absolute atomic E-state index is 12.6. The highest BCUT2D eigenvalue weighted by Crippen LogP contribution is 2.47. The highest BCUT2D eigenvalue weighted by molar-refractivity contribution is 5.76. The van der Waals surface area contributed by atoms with Crippen molar-refractivity contribution in [1.29, 1.82) is 0 Å². The molecule has 4 nitrogen and oxygen atoms in total. The van der Waals surface area contributed by atoms with Crippen LogP contribution in [0.1, 0.15) is 20.2 Å². The number of nitrogens with zero attached hydrogens (tertiary/aromatic N) is 4. The first-order valence-electron chi connectivity index (χ1n) is 7.69. The molecular weight excluding hydrogens is 305 g/mol. The summed E-state index contributed by atoms with van der Waals surface area (Å²) >= 11 is 0. The predicted molar refractivity (Wildman–Crippen MR) is 78.6 cm³/mol. The molecule has 2 heterocycles. The monoisotopic (exact) mass is 319 g/mol. The van der Waals surface area contributed by atoms with Crippen molar-refractivity contribution in [3.63, 3.8) is 0 Å². The molecule has 0 bridgehead atoms. The Bertz CT molecular complexity index is 899. The zero-order chi connectivity index (χ0) is 16.9. The van der Waals surface area contributed by atoms with Gasteiger partial charge in [0.25, 0.3) is 0 Å². The summed E-state index contributed by atoms with van der Waals surface area (Å²) in [6.45, 7) is 0. The van der Waals surface area contributed by atoms with Gasteiger partial charge in [-0.25, -0.2) is 4.98 Å². The van der Waals surface area contributed by atoms with Crippen LogP contribution in [0.2, 0.25) is 0 Å². The van der Waals surface area contributed by atoms with Gasteiger partial charge in [-0.05, 0) is 25.0 Å². The molecule has 4 rings (SSSR count). The number of para-hydroxylation sites is 2.